The van der Waals surface area contributed by atoms with Gasteiger partial charge in [0, 0.05) is 23.7 Å². The number of benzene rings is 1. The lowest BCUT2D eigenvalue weighted by atomic mass is 10.1. The summed E-state index contributed by atoms with van der Waals surface area (Å²) in [5.74, 6) is -0.389. The normalized spacial score (nSPS) is 10.4. The Balaban J connectivity index is 2.26. The number of halogens is 1. The Morgan fingerprint density at radius 3 is 2.79 bits per heavy atom. The van der Waals surface area contributed by atoms with Crippen molar-refractivity contribution in [1.29, 1.82) is 0 Å². The molecule has 98 valence electrons. The zero-order valence-electron chi connectivity index (χ0n) is 9.88. The average Bonchev–Trinajstić information content (AvgIpc) is 2.37. The number of phenolic OH excluding ortho intramolecular Hbond substituents is 1. The largest absolute Gasteiger partial charge is 0.508 e. The first-order valence-corrected chi connectivity index (χ1v) is 5.96. The fourth-order valence-electron chi connectivity index (χ4n) is 1.58. The number of carbonyl (C=O) groups is 1. The second kappa shape index (κ2) is 5.67. The molecule has 0 fully saturated rings. The van der Waals surface area contributed by atoms with Crippen molar-refractivity contribution >= 4 is 17.6 Å². The summed E-state index contributed by atoms with van der Waals surface area (Å²) < 4.78 is 0. The second-order valence-corrected chi connectivity index (χ2v) is 4.31. The molecule has 0 atom stereocenters. The van der Waals surface area contributed by atoms with Crippen LogP contribution in [-0.4, -0.2) is 26.2 Å². The Morgan fingerprint density at radius 1 is 1.37 bits per heavy atom. The van der Waals surface area contributed by atoms with Gasteiger partial charge < -0.3 is 10.2 Å². The predicted octanol–water partition coefficient (Wildman–Crippen LogP) is 2.52. The molecule has 0 saturated carbocycles. The van der Waals surface area contributed by atoms with E-state index in [2.05, 4.69) is 9.97 Å². The number of hydrogen-bond acceptors (Lipinski definition) is 4. The van der Waals surface area contributed by atoms with E-state index >= 15 is 0 Å². The van der Waals surface area contributed by atoms with Gasteiger partial charge in [0.15, 0.2) is 5.82 Å². The number of nitrogens with zero attached hydrogens (tertiary/aromatic N) is 2. The minimum absolute atomic E-state index is 0.0193. The highest BCUT2D eigenvalue weighted by atomic mass is 35.5. The second-order valence-electron chi connectivity index (χ2n) is 3.95. The highest BCUT2D eigenvalue weighted by Crippen LogP contribution is 2.22. The van der Waals surface area contributed by atoms with Gasteiger partial charge in [0.1, 0.15) is 10.9 Å². The van der Waals surface area contributed by atoms with Gasteiger partial charge in [0.05, 0.1) is 0 Å². The molecule has 5 nitrogen and oxygen atoms in total. The van der Waals surface area contributed by atoms with Crippen LogP contribution in [-0.2, 0) is 11.2 Å². The van der Waals surface area contributed by atoms with Crippen LogP contribution in [0.2, 0.25) is 5.15 Å². The fraction of sp³-hybridized carbons (Fsp3) is 0.154. The third-order valence-electron chi connectivity index (χ3n) is 2.52. The van der Waals surface area contributed by atoms with E-state index in [1.807, 2.05) is 0 Å². The Kier molecular flexibility index (Phi) is 3.97. The lowest BCUT2D eigenvalue weighted by Crippen LogP contribution is -2.00. The van der Waals surface area contributed by atoms with E-state index in [4.69, 9.17) is 16.7 Å². The minimum atomic E-state index is -0.895. The Hall–Kier alpha value is -2.14. The molecule has 0 saturated heterocycles. The Bertz CT molecular complexity index is 617. The summed E-state index contributed by atoms with van der Waals surface area (Å²) >= 11 is 6.00. The van der Waals surface area contributed by atoms with E-state index in [1.165, 1.54) is 12.3 Å². The number of aryl methyl sites for hydroxylation is 1. The quantitative estimate of drug-likeness (QED) is 0.840. The van der Waals surface area contributed by atoms with Crippen LogP contribution in [0, 0.1) is 0 Å². The first-order valence-electron chi connectivity index (χ1n) is 5.59. The molecule has 0 spiro atoms. The van der Waals surface area contributed by atoms with Crippen LogP contribution in [0.5, 0.6) is 5.75 Å². The van der Waals surface area contributed by atoms with E-state index in [1.54, 1.807) is 18.2 Å². The molecule has 2 N–H and O–H groups in total. The molecule has 0 aliphatic rings. The minimum Gasteiger partial charge on any atom is -0.508 e. The third-order valence-corrected chi connectivity index (χ3v) is 2.85. The number of rotatable bonds is 4. The van der Waals surface area contributed by atoms with Crippen molar-refractivity contribution in [3.05, 3.63) is 41.2 Å². The SMILES string of the molecule is O=C(O)CCc1cnc(-c2cccc(O)c2)nc1Cl. The summed E-state index contributed by atoms with van der Waals surface area (Å²) in [5.41, 5.74) is 1.24. The molecule has 0 aliphatic heterocycles. The van der Waals surface area contributed by atoms with Crippen molar-refractivity contribution in [2.45, 2.75) is 12.8 Å². The Morgan fingerprint density at radius 2 is 2.16 bits per heavy atom. The van der Waals surface area contributed by atoms with E-state index in [0.717, 1.165) is 0 Å². The highest BCUT2D eigenvalue weighted by Gasteiger charge is 2.09. The van der Waals surface area contributed by atoms with E-state index in [9.17, 15) is 9.90 Å². The number of phenols is 1. The standard InChI is InChI=1S/C13H11ClN2O3/c14-12-9(4-5-11(18)19)7-15-13(16-12)8-2-1-3-10(17)6-8/h1-3,6-7,17H,4-5H2,(H,18,19). The molecule has 0 radical (unpaired) electrons. The van der Waals surface area contributed by atoms with Gasteiger partial charge in [-0.3, -0.25) is 4.79 Å². The molecule has 0 bridgehead atoms. The van der Waals surface area contributed by atoms with Crippen LogP contribution in [0.25, 0.3) is 11.4 Å². The van der Waals surface area contributed by atoms with Gasteiger partial charge >= 0.3 is 5.97 Å². The van der Waals surface area contributed by atoms with E-state index in [-0.39, 0.29) is 23.7 Å². The lowest BCUT2D eigenvalue weighted by molar-refractivity contribution is -0.136. The number of aromatic hydroxyl groups is 1. The van der Waals surface area contributed by atoms with Crippen LogP contribution in [0.3, 0.4) is 0 Å². The number of carboxylic acids is 1. The van der Waals surface area contributed by atoms with Crippen molar-refractivity contribution in [1.82, 2.24) is 9.97 Å². The van der Waals surface area contributed by atoms with Crippen LogP contribution in [0.1, 0.15) is 12.0 Å². The summed E-state index contributed by atoms with van der Waals surface area (Å²) in [6, 6.07) is 6.51. The lowest BCUT2D eigenvalue weighted by Gasteiger charge is -2.05. The zero-order valence-corrected chi connectivity index (χ0v) is 10.6. The molecule has 0 amide bonds. The number of hydrogen-bond donors (Lipinski definition) is 2. The van der Waals surface area contributed by atoms with Gasteiger partial charge in [-0.05, 0) is 18.6 Å². The molecule has 19 heavy (non-hydrogen) atoms. The highest BCUT2D eigenvalue weighted by molar-refractivity contribution is 6.30. The maximum Gasteiger partial charge on any atom is 0.303 e. The monoisotopic (exact) mass is 278 g/mol. The van der Waals surface area contributed by atoms with Gasteiger partial charge in [-0.2, -0.15) is 0 Å². The molecule has 0 unspecified atom stereocenters. The molecule has 1 aromatic carbocycles. The van der Waals surface area contributed by atoms with Crippen molar-refractivity contribution in [3.8, 4) is 17.1 Å². The molecule has 1 aromatic heterocycles. The molecule has 6 heteroatoms. The van der Waals surface area contributed by atoms with Crippen molar-refractivity contribution < 1.29 is 15.0 Å². The number of aromatic nitrogens is 2. The maximum absolute atomic E-state index is 10.5. The summed E-state index contributed by atoms with van der Waals surface area (Å²) in [6.07, 6.45) is 1.78. The van der Waals surface area contributed by atoms with Crippen LogP contribution in [0.15, 0.2) is 30.5 Å². The first kappa shape index (κ1) is 13.3. The van der Waals surface area contributed by atoms with Crippen LogP contribution >= 0.6 is 11.6 Å². The summed E-state index contributed by atoms with van der Waals surface area (Å²) in [5, 5.41) is 18.2. The summed E-state index contributed by atoms with van der Waals surface area (Å²) in [7, 11) is 0. The van der Waals surface area contributed by atoms with Crippen molar-refractivity contribution in [3.63, 3.8) is 0 Å². The summed E-state index contributed by atoms with van der Waals surface area (Å²) in [6.45, 7) is 0. The van der Waals surface area contributed by atoms with Gasteiger partial charge in [-0.25, -0.2) is 9.97 Å². The summed E-state index contributed by atoms with van der Waals surface area (Å²) in [4.78, 5) is 18.7. The number of carboxylic acid groups (broad SMARTS) is 1. The molecule has 0 aliphatic carbocycles. The topological polar surface area (TPSA) is 83.3 Å². The van der Waals surface area contributed by atoms with Crippen molar-refractivity contribution in [2.24, 2.45) is 0 Å². The predicted molar refractivity (Wildman–Crippen MR) is 70.1 cm³/mol. The van der Waals surface area contributed by atoms with Crippen LogP contribution in [0.4, 0.5) is 0 Å². The molecule has 2 rings (SSSR count). The molecular weight excluding hydrogens is 268 g/mol. The van der Waals surface area contributed by atoms with Gasteiger partial charge in [-0.1, -0.05) is 23.7 Å². The zero-order chi connectivity index (χ0) is 13.8. The molecular formula is C13H11ClN2O3. The van der Waals surface area contributed by atoms with Gasteiger partial charge in [-0.15, -0.1) is 0 Å². The third kappa shape index (κ3) is 3.42. The Labute approximate surface area is 114 Å². The molecule has 1 heterocycles. The van der Waals surface area contributed by atoms with Crippen molar-refractivity contribution in [2.75, 3.05) is 0 Å². The van der Waals surface area contributed by atoms with Gasteiger partial charge in [0.2, 0.25) is 0 Å². The van der Waals surface area contributed by atoms with Crippen LogP contribution < -0.4 is 0 Å². The average molecular weight is 279 g/mol. The molecule has 2 aromatic rings. The maximum atomic E-state index is 10.5. The van der Waals surface area contributed by atoms with E-state index < -0.39 is 5.97 Å². The van der Waals surface area contributed by atoms with E-state index in [0.29, 0.717) is 17.0 Å². The smallest absolute Gasteiger partial charge is 0.303 e. The fourth-order valence-corrected chi connectivity index (χ4v) is 1.80. The number of aliphatic carboxylic acids is 1. The van der Waals surface area contributed by atoms with Gasteiger partial charge in [0.25, 0.3) is 0 Å². The first-order chi connectivity index (χ1) is 9.06.